The van der Waals surface area contributed by atoms with Crippen LogP contribution in [0.15, 0.2) is 35.7 Å². The van der Waals surface area contributed by atoms with Gasteiger partial charge in [-0.3, -0.25) is 4.79 Å². The van der Waals surface area contributed by atoms with Gasteiger partial charge in [0.1, 0.15) is 0 Å². The molecule has 25 heavy (non-hydrogen) atoms. The van der Waals surface area contributed by atoms with E-state index in [-0.39, 0.29) is 11.9 Å². The second-order valence-corrected chi connectivity index (χ2v) is 7.44. The molecule has 132 valence electrons. The van der Waals surface area contributed by atoms with E-state index in [9.17, 15) is 9.59 Å². The number of nitrogens with zero attached hydrogens (tertiary/aromatic N) is 2. The van der Waals surface area contributed by atoms with Crippen molar-refractivity contribution in [3.05, 3.63) is 56.2 Å². The number of halogens is 2. The maximum atomic E-state index is 12.3. The summed E-state index contributed by atoms with van der Waals surface area (Å²) in [6, 6.07) is 8.71. The molecular formula is C17H17Cl2N3O2S. The maximum Gasteiger partial charge on any atom is 0.317 e. The van der Waals surface area contributed by atoms with Crippen LogP contribution in [0.5, 0.6) is 0 Å². The molecule has 0 unspecified atom stereocenters. The van der Waals surface area contributed by atoms with Crippen LogP contribution < -0.4 is 5.32 Å². The zero-order chi connectivity index (χ0) is 17.8. The van der Waals surface area contributed by atoms with Crippen LogP contribution in [-0.4, -0.2) is 47.9 Å². The first kappa shape index (κ1) is 18.0. The van der Waals surface area contributed by atoms with Crippen molar-refractivity contribution in [2.45, 2.75) is 6.54 Å². The van der Waals surface area contributed by atoms with Crippen molar-refractivity contribution in [3.63, 3.8) is 0 Å². The molecule has 1 N–H and O–H groups in total. The number of urea groups is 1. The van der Waals surface area contributed by atoms with Gasteiger partial charge in [-0.05, 0) is 29.1 Å². The summed E-state index contributed by atoms with van der Waals surface area (Å²) < 4.78 is 0. The molecule has 5 nitrogen and oxygen atoms in total. The van der Waals surface area contributed by atoms with Gasteiger partial charge in [-0.2, -0.15) is 0 Å². The summed E-state index contributed by atoms with van der Waals surface area (Å²) in [6.07, 6.45) is 0. The first-order valence-corrected chi connectivity index (χ1v) is 9.47. The van der Waals surface area contributed by atoms with Crippen molar-refractivity contribution in [1.82, 2.24) is 15.1 Å². The number of thiophene rings is 1. The third kappa shape index (κ3) is 4.45. The molecule has 1 aliphatic heterocycles. The zero-order valence-corrected chi connectivity index (χ0v) is 15.7. The highest BCUT2D eigenvalue weighted by atomic mass is 35.5. The minimum Gasteiger partial charge on any atom is -0.334 e. The van der Waals surface area contributed by atoms with Crippen LogP contribution in [0.4, 0.5) is 4.79 Å². The van der Waals surface area contributed by atoms with Gasteiger partial charge in [-0.25, -0.2) is 4.79 Å². The number of nitrogens with one attached hydrogen (secondary N) is 1. The van der Waals surface area contributed by atoms with Crippen molar-refractivity contribution in [2.75, 3.05) is 26.2 Å². The molecule has 1 aromatic carbocycles. The second kappa shape index (κ2) is 8.08. The molecule has 3 rings (SSSR count). The quantitative estimate of drug-likeness (QED) is 0.857. The molecule has 0 aliphatic carbocycles. The molecule has 0 radical (unpaired) electrons. The van der Waals surface area contributed by atoms with E-state index in [4.69, 9.17) is 23.2 Å². The van der Waals surface area contributed by atoms with E-state index >= 15 is 0 Å². The smallest absolute Gasteiger partial charge is 0.317 e. The summed E-state index contributed by atoms with van der Waals surface area (Å²) in [4.78, 5) is 28.8. The number of rotatable bonds is 3. The number of carbonyl (C=O) groups excluding carboxylic acids is 2. The first-order chi connectivity index (χ1) is 12.0. The molecule has 1 fully saturated rings. The highest BCUT2D eigenvalue weighted by Gasteiger charge is 2.25. The summed E-state index contributed by atoms with van der Waals surface area (Å²) in [5.41, 5.74) is 0.811. The zero-order valence-electron chi connectivity index (χ0n) is 13.4. The summed E-state index contributed by atoms with van der Waals surface area (Å²) in [7, 11) is 0. The van der Waals surface area contributed by atoms with E-state index in [1.807, 2.05) is 17.5 Å². The molecule has 2 aromatic rings. The minimum atomic E-state index is -0.158. The molecule has 2 heterocycles. The van der Waals surface area contributed by atoms with Gasteiger partial charge in [0, 0.05) is 42.8 Å². The second-order valence-electron chi connectivity index (χ2n) is 5.65. The molecule has 0 saturated carbocycles. The van der Waals surface area contributed by atoms with Gasteiger partial charge in [0.05, 0.1) is 4.88 Å². The lowest BCUT2D eigenvalue weighted by Crippen LogP contribution is -2.53. The van der Waals surface area contributed by atoms with Crippen molar-refractivity contribution >= 4 is 46.5 Å². The van der Waals surface area contributed by atoms with Gasteiger partial charge in [-0.15, -0.1) is 11.3 Å². The van der Waals surface area contributed by atoms with Crippen LogP contribution in [0.3, 0.4) is 0 Å². The van der Waals surface area contributed by atoms with E-state index in [1.54, 1.807) is 28.0 Å². The third-order valence-corrected chi connectivity index (χ3v) is 5.48. The molecule has 8 heteroatoms. The Hall–Kier alpha value is -1.76. The molecule has 1 saturated heterocycles. The van der Waals surface area contributed by atoms with Gasteiger partial charge in [-0.1, -0.05) is 35.3 Å². The average Bonchev–Trinajstić information content (AvgIpc) is 3.15. The van der Waals surface area contributed by atoms with Crippen LogP contribution in [-0.2, 0) is 6.54 Å². The first-order valence-electron chi connectivity index (χ1n) is 7.84. The topological polar surface area (TPSA) is 52.7 Å². The normalized spacial score (nSPS) is 14.5. The van der Waals surface area contributed by atoms with Crippen molar-refractivity contribution in [1.29, 1.82) is 0 Å². The molecule has 0 atom stereocenters. The maximum absolute atomic E-state index is 12.3. The lowest BCUT2D eigenvalue weighted by molar-refractivity contribution is 0.0669. The van der Waals surface area contributed by atoms with E-state index in [2.05, 4.69) is 5.32 Å². The number of piperazine rings is 1. The molecule has 1 aliphatic rings. The Bertz CT molecular complexity index is 759. The van der Waals surface area contributed by atoms with Gasteiger partial charge in [0.25, 0.3) is 5.91 Å². The fourth-order valence-corrected chi connectivity index (χ4v) is 3.78. The Morgan fingerprint density at radius 1 is 1.08 bits per heavy atom. The average molecular weight is 398 g/mol. The highest BCUT2D eigenvalue weighted by molar-refractivity contribution is 7.12. The van der Waals surface area contributed by atoms with Crippen LogP contribution in [0.25, 0.3) is 0 Å². The molecule has 1 aromatic heterocycles. The Morgan fingerprint density at radius 3 is 2.44 bits per heavy atom. The standard InChI is InChI=1S/C17H17Cl2N3O2S/c18-13-4-3-12(14(19)10-13)11-20-17(24)22-7-5-21(6-8-22)16(23)15-2-1-9-25-15/h1-4,9-10H,5-8,11H2,(H,20,24). The summed E-state index contributed by atoms with van der Waals surface area (Å²) in [5.74, 6) is 0.0306. The molecule has 3 amide bonds. The lowest BCUT2D eigenvalue weighted by atomic mass is 10.2. The summed E-state index contributed by atoms with van der Waals surface area (Å²) in [6.45, 7) is 2.43. The predicted molar refractivity (Wildman–Crippen MR) is 100 cm³/mol. The number of carbonyl (C=O) groups is 2. The lowest BCUT2D eigenvalue weighted by Gasteiger charge is -2.34. The summed E-state index contributed by atoms with van der Waals surface area (Å²) >= 11 is 13.4. The van der Waals surface area contributed by atoms with Gasteiger partial charge < -0.3 is 15.1 Å². The van der Waals surface area contributed by atoms with E-state index in [0.29, 0.717) is 42.8 Å². The molecule has 0 bridgehead atoms. The SMILES string of the molecule is O=C(NCc1ccc(Cl)cc1Cl)N1CCN(C(=O)c2cccs2)CC1. The Morgan fingerprint density at radius 2 is 1.80 bits per heavy atom. The minimum absolute atomic E-state index is 0.0306. The monoisotopic (exact) mass is 397 g/mol. The Labute approximate surface area is 160 Å². The number of hydrogen-bond donors (Lipinski definition) is 1. The van der Waals surface area contributed by atoms with Gasteiger partial charge in [0.2, 0.25) is 0 Å². The molecule has 0 spiro atoms. The largest absolute Gasteiger partial charge is 0.334 e. The van der Waals surface area contributed by atoms with Crippen molar-refractivity contribution in [2.24, 2.45) is 0 Å². The fourth-order valence-electron chi connectivity index (χ4n) is 2.62. The summed E-state index contributed by atoms with van der Waals surface area (Å²) in [5, 5.41) is 5.84. The predicted octanol–water partition coefficient (Wildman–Crippen LogP) is 3.72. The number of hydrogen-bond acceptors (Lipinski definition) is 3. The van der Waals surface area contributed by atoms with Crippen LogP contribution >= 0.6 is 34.5 Å². The Balaban J connectivity index is 1.49. The van der Waals surface area contributed by atoms with E-state index < -0.39 is 0 Å². The highest BCUT2D eigenvalue weighted by Crippen LogP contribution is 2.21. The van der Waals surface area contributed by atoms with Crippen molar-refractivity contribution in [3.8, 4) is 0 Å². The van der Waals surface area contributed by atoms with Gasteiger partial charge in [0.15, 0.2) is 0 Å². The Kier molecular flexibility index (Phi) is 5.83. The third-order valence-electron chi connectivity index (χ3n) is 4.03. The van der Waals surface area contributed by atoms with Gasteiger partial charge >= 0.3 is 6.03 Å². The molecular weight excluding hydrogens is 381 g/mol. The number of amides is 3. The van der Waals surface area contributed by atoms with Crippen LogP contribution in [0.2, 0.25) is 10.0 Å². The van der Waals surface area contributed by atoms with E-state index in [0.717, 1.165) is 10.4 Å². The number of benzene rings is 1. The fraction of sp³-hybridized carbons (Fsp3) is 0.294. The van der Waals surface area contributed by atoms with Crippen LogP contribution in [0, 0.1) is 0 Å². The van der Waals surface area contributed by atoms with Crippen LogP contribution in [0.1, 0.15) is 15.2 Å². The van der Waals surface area contributed by atoms with E-state index in [1.165, 1.54) is 11.3 Å². The van der Waals surface area contributed by atoms with Crippen molar-refractivity contribution < 1.29 is 9.59 Å².